The highest BCUT2D eigenvalue weighted by molar-refractivity contribution is 5.42. The first-order valence-electron chi connectivity index (χ1n) is 6.00. The fourth-order valence-corrected chi connectivity index (χ4v) is 2.04. The van der Waals surface area contributed by atoms with Crippen LogP contribution in [-0.4, -0.2) is 9.78 Å². The van der Waals surface area contributed by atoms with Gasteiger partial charge in [0.15, 0.2) is 0 Å². The van der Waals surface area contributed by atoms with E-state index >= 15 is 0 Å². The second kappa shape index (κ2) is 5.04. The summed E-state index contributed by atoms with van der Waals surface area (Å²) in [6.45, 7) is 2.04. The highest BCUT2D eigenvalue weighted by atomic mass is 15.3. The van der Waals surface area contributed by atoms with Crippen molar-refractivity contribution in [3.8, 4) is 0 Å². The summed E-state index contributed by atoms with van der Waals surface area (Å²) in [6, 6.07) is 10.5. The van der Waals surface area contributed by atoms with Crippen molar-refractivity contribution >= 4 is 5.82 Å². The molecule has 17 heavy (non-hydrogen) atoms. The Morgan fingerprint density at radius 2 is 1.88 bits per heavy atom. The van der Waals surface area contributed by atoms with Gasteiger partial charge in [-0.25, -0.2) is 0 Å². The van der Waals surface area contributed by atoms with Crippen LogP contribution in [0.3, 0.4) is 0 Å². The van der Waals surface area contributed by atoms with Crippen molar-refractivity contribution in [3.05, 3.63) is 47.2 Å². The molecule has 0 aliphatic rings. The molecule has 0 aliphatic carbocycles. The zero-order valence-corrected chi connectivity index (χ0v) is 10.5. The maximum atomic E-state index is 5.89. The molecule has 1 aromatic carbocycles. The third-order valence-electron chi connectivity index (χ3n) is 3.16. The van der Waals surface area contributed by atoms with Gasteiger partial charge >= 0.3 is 0 Å². The lowest BCUT2D eigenvalue weighted by Gasteiger charge is -2.00. The minimum absolute atomic E-state index is 0.778. The van der Waals surface area contributed by atoms with Crippen LogP contribution in [0.4, 0.5) is 5.82 Å². The number of rotatable bonds is 4. The Balaban J connectivity index is 1.92. The summed E-state index contributed by atoms with van der Waals surface area (Å²) in [5, 5.41) is 4.43. The predicted molar refractivity (Wildman–Crippen MR) is 70.8 cm³/mol. The van der Waals surface area contributed by atoms with Gasteiger partial charge in [-0.05, 0) is 31.7 Å². The largest absolute Gasteiger partial charge is 0.384 e. The summed E-state index contributed by atoms with van der Waals surface area (Å²) < 4.78 is 1.76. The normalized spacial score (nSPS) is 10.7. The van der Waals surface area contributed by atoms with Crippen molar-refractivity contribution in [2.75, 3.05) is 5.73 Å². The monoisotopic (exact) mass is 229 g/mol. The Bertz CT molecular complexity index is 486. The zero-order chi connectivity index (χ0) is 12.3. The van der Waals surface area contributed by atoms with Gasteiger partial charge in [0.05, 0.1) is 5.69 Å². The smallest absolute Gasteiger partial charge is 0.124 e. The minimum Gasteiger partial charge on any atom is -0.384 e. The van der Waals surface area contributed by atoms with Crippen molar-refractivity contribution in [1.82, 2.24) is 9.78 Å². The number of aryl methyl sites for hydroxylation is 3. The van der Waals surface area contributed by atoms with Crippen LogP contribution in [0.5, 0.6) is 0 Å². The summed E-state index contributed by atoms with van der Waals surface area (Å²) in [4.78, 5) is 0. The molecule has 0 amide bonds. The second-order valence-electron chi connectivity index (χ2n) is 4.42. The van der Waals surface area contributed by atoms with E-state index < -0.39 is 0 Å². The Labute approximate surface area is 102 Å². The van der Waals surface area contributed by atoms with Crippen molar-refractivity contribution in [2.24, 2.45) is 7.05 Å². The summed E-state index contributed by atoms with van der Waals surface area (Å²) in [5.74, 6) is 0.778. The van der Waals surface area contributed by atoms with E-state index in [1.165, 1.54) is 5.56 Å². The molecule has 0 unspecified atom stereocenters. The maximum absolute atomic E-state index is 5.89. The molecule has 2 rings (SSSR count). The number of aromatic nitrogens is 2. The number of nitrogen functional groups attached to an aromatic ring is 1. The third kappa shape index (κ3) is 2.67. The van der Waals surface area contributed by atoms with E-state index in [1.54, 1.807) is 4.68 Å². The van der Waals surface area contributed by atoms with E-state index in [0.29, 0.717) is 0 Å². The van der Waals surface area contributed by atoms with Gasteiger partial charge in [-0.1, -0.05) is 30.3 Å². The predicted octanol–water partition coefficient (Wildman–Crippen LogP) is 2.49. The Hall–Kier alpha value is -1.77. The van der Waals surface area contributed by atoms with E-state index in [4.69, 9.17) is 5.73 Å². The number of nitrogens with two attached hydrogens (primary N) is 1. The van der Waals surface area contributed by atoms with Crippen LogP contribution < -0.4 is 5.73 Å². The lowest BCUT2D eigenvalue weighted by atomic mass is 10.1. The molecule has 0 fully saturated rings. The minimum atomic E-state index is 0.778. The van der Waals surface area contributed by atoms with Gasteiger partial charge in [-0.15, -0.1) is 0 Å². The molecule has 0 bridgehead atoms. The molecule has 2 aromatic rings. The molecule has 1 heterocycles. The molecule has 0 atom stereocenters. The van der Waals surface area contributed by atoms with Crippen LogP contribution in [0, 0.1) is 6.92 Å². The van der Waals surface area contributed by atoms with Crippen molar-refractivity contribution < 1.29 is 0 Å². The molecule has 90 valence electrons. The van der Waals surface area contributed by atoms with Gasteiger partial charge < -0.3 is 5.73 Å². The molecule has 1 aromatic heterocycles. The highest BCUT2D eigenvalue weighted by Gasteiger charge is 2.08. The molecule has 0 saturated heterocycles. The van der Waals surface area contributed by atoms with Gasteiger partial charge in [0.25, 0.3) is 0 Å². The standard InChI is InChI=1S/C14H19N3/c1-11-13(16-17(2)14(11)15)10-6-9-12-7-4-3-5-8-12/h3-5,7-8H,6,9-10,15H2,1-2H3. The quantitative estimate of drug-likeness (QED) is 0.875. The van der Waals surface area contributed by atoms with Gasteiger partial charge in [-0.3, -0.25) is 4.68 Å². The first-order chi connectivity index (χ1) is 8.18. The molecular formula is C14H19N3. The topological polar surface area (TPSA) is 43.8 Å². The fourth-order valence-electron chi connectivity index (χ4n) is 2.04. The average Bonchev–Trinajstić information content (AvgIpc) is 2.59. The van der Waals surface area contributed by atoms with Gasteiger partial charge in [0, 0.05) is 12.6 Å². The van der Waals surface area contributed by atoms with Gasteiger partial charge in [0.1, 0.15) is 5.82 Å². The molecular weight excluding hydrogens is 210 g/mol. The Morgan fingerprint density at radius 3 is 2.47 bits per heavy atom. The van der Waals surface area contributed by atoms with Crippen molar-refractivity contribution in [1.29, 1.82) is 0 Å². The van der Waals surface area contributed by atoms with Crippen LogP contribution >= 0.6 is 0 Å². The van der Waals surface area contributed by atoms with E-state index in [9.17, 15) is 0 Å². The van der Waals surface area contributed by atoms with Gasteiger partial charge in [0.2, 0.25) is 0 Å². The number of hydrogen-bond donors (Lipinski definition) is 1. The van der Waals surface area contributed by atoms with Crippen LogP contribution in [0.2, 0.25) is 0 Å². The SMILES string of the molecule is Cc1c(CCCc2ccccc2)nn(C)c1N. The summed E-state index contributed by atoms with van der Waals surface area (Å²) in [6.07, 6.45) is 3.20. The van der Waals surface area contributed by atoms with Crippen LogP contribution in [0.15, 0.2) is 30.3 Å². The van der Waals surface area contributed by atoms with E-state index in [-0.39, 0.29) is 0 Å². The third-order valence-corrected chi connectivity index (χ3v) is 3.16. The molecule has 3 heteroatoms. The second-order valence-corrected chi connectivity index (χ2v) is 4.42. The van der Waals surface area contributed by atoms with E-state index in [1.807, 2.05) is 20.0 Å². The van der Waals surface area contributed by atoms with Crippen LogP contribution in [0.1, 0.15) is 23.2 Å². The van der Waals surface area contributed by atoms with Crippen molar-refractivity contribution in [3.63, 3.8) is 0 Å². The lowest BCUT2D eigenvalue weighted by molar-refractivity contribution is 0.724. The van der Waals surface area contributed by atoms with Crippen LogP contribution in [-0.2, 0) is 19.9 Å². The summed E-state index contributed by atoms with van der Waals surface area (Å²) in [5.41, 5.74) is 9.52. The number of nitrogens with zero attached hydrogens (tertiary/aromatic N) is 2. The van der Waals surface area contributed by atoms with E-state index in [2.05, 4.69) is 29.4 Å². The molecule has 0 spiro atoms. The van der Waals surface area contributed by atoms with Crippen molar-refractivity contribution in [2.45, 2.75) is 26.2 Å². The Kier molecular flexibility index (Phi) is 3.47. The number of benzene rings is 1. The molecule has 0 radical (unpaired) electrons. The highest BCUT2D eigenvalue weighted by Crippen LogP contribution is 2.16. The zero-order valence-electron chi connectivity index (χ0n) is 10.5. The van der Waals surface area contributed by atoms with Gasteiger partial charge in [-0.2, -0.15) is 5.10 Å². The Morgan fingerprint density at radius 1 is 1.18 bits per heavy atom. The van der Waals surface area contributed by atoms with E-state index in [0.717, 1.165) is 36.3 Å². The molecule has 2 N–H and O–H groups in total. The lowest BCUT2D eigenvalue weighted by Crippen LogP contribution is -1.97. The maximum Gasteiger partial charge on any atom is 0.124 e. The first kappa shape index (κ1) is 11.7. The summed E-state index contributed by atoms with van der Waals surface area (Å²) >= 11 is 0. The molecule has 0 saturated carbocycles. The molecule has 0 aliphatic heterocycles. The fraction of sp³-hybridized carbons (Fsp3) is 0.357. The number of anilines is 1. The van der Waals surface area contributed by atoms with Crippen LogP contribution in [0.25, 0.3) is 0 Å². The molecule has 3 nitrogen and oxygen atoms in total. The number of hydrogen-bond acceptors (Lipinski definition) is 2. The first-order valence-corrected chi connectivity index (χ1v) is 6.00. The summed E-state index contributed by atoms with van der Waals surface area (Å²) in [7, 11) is 1.89. The average molecular weight is 229 g/mol.